The van der Waals surface area contributed by atoms with Gasteiger partial charge >= 0.3 is 0 Å². The Bertz CT molecular complexity index is 569. The van der Waals surface area contributed by atoms with Crippen molar-refractivity contribution in [3.63, 3.8) is 0 Å². The van der Waals surface area contributed by atoms with E-state index in [1.54, 1.807) is 11.8 Å². The lowest BCUT2D eigenvalue weighted by molar-refractivity contribution is 0.131. The van der Waals surface area contributed by atoms with E-state index < -0.39 is 0 Å². The highest BCUT2D eigenvalue weighted by Gasteiger charge is 2.32. The van der Waals surface area contributed by atoms with E-state index in [9.17, 15) is 0 Å². The van der Waals surface area contributed by atoms with E-state index in [0.717, 1.165) is 50.1 Å². The second-order valence-corrected chi connectivity index (χ2v) is 9.24. The number of nitrogens with zero attached hydrogens (tertiary/aromatic N) is 3. The average molecular weight is 396 g/mol. The van der Waals surface area contributed by atoms with Crippen molar-refractivity contribution in [2.45, 2.75) is 77.4 Å². The standard InChI is InChI=1S/C20H37N5OS/c1-6-7-10-26-11-8-9-21-17-23-18(25-19(24-17)27-5)22-16-12-15(2)13-20(3,4)14-16/h15-16H,6-14H2,1-5H3,(H2,21,22,23,24,25). The SMILES string of the molecule is CCCCOCCCNc1nc(NC2CC(C)CC(C)(C)C2)nc(SC)n1. The van der Waals surface area contributed by atoms with E-state index in [2.05, 4.69) is 53.3 Å². The molecule has 1 fully saturated rings. The van der Waals surface area contributed by atoms with Crippen LogP contribution < -0.4 is 10.6 Å². The molecule has 0 amide bonds. The molecule has 2 atom stereocenters. The minimum Gasteiger partial charge on any atom is -0.381 e. The fourth-order valence-corrected chi connectivity index (χ4v) is 4.31. The molecular weight excluding hydrogens is 358 g/mol. The molecule has 0 saturated heterocycles. The van der Waals surface area contributed by atoms with Gasteiger partial charge < -0.3 is 15.4 Å². The van der Waals surface area contributed by atoms with Crippen molar-refractivity contribution in [1.82, 2.24) is 15.0 Å². The molecule has 1 aromatic rings. The van der Waals surface area contributed by atoms with Crippen LogP contribution in [0.5, 0.6) is 0 Å². The van der Waals surface area contributed by atoms with Crippen LogP contribution in [0.2, 0.25) is 0 Å². The van der Waals surface area contributed by atoms with Crippen LogP contribution in [-0.2, 0) is 4.74 Å². The highest BCUT2D eigenvalue weighted by Crippen LogP contribution is 2.39. The zero-order chi connectivity index (χ0) is 19.7. The van der Waals surface area contributed by atoms with Gasteiger partial charge in [-0.25, -0.2) is 0 Å². The third-order valence-electron chi connectivity index (χ3n) is 4.91. The van der Waals surface area contributed by atoms with Crippen LogP contribution >= 0.6 is 11.8 Å². The third-order valence-corrected chi connectivity index (χ3v) is 5.46. The van der Waals surface area contributed by atoms with Crippen molar-refractivity contribution >= 4 is 23.7 Å². The van der Waals surface area contributed by atoms with Crippen molar-refractivity contribution in [3.8, 4) is 0 Å². The quantitative estimate of drug-likeness (QED) is 0.410. The summed E-state index contributed by atoms with van der Waals surface area (Å²) in [6.45, 7) is 11.6. The summed E-state index contributed by atoms with van der Waals surface area (Å²) in [4.78, 5) is 13.6. The number of nitrogens with one attached hydrogen (secondary N) is 2. The minimum absolute atomic E-state index is 0.365. The van der Waals surface area contributed by atoms with E-state index >= 15 is 0 Å². The second kappa shape index (κ2) is 11.1. The lowest BCUT2D eigenvalue weighted by Gasteiger charge is -2.39. The van der Waals surface area contributed by atoms with E-state index in [4.69, 9.17) is 4.74 Å². The molecule has 0 aromatic carbocycles. The lowest BCUT2D eigenvalue weighted by Crippen LogP contribution is -2.36. The largest absolute Gasteiger partial charge is 0.381 e. The van der Waals surface area contributed by atoms with E-state index in [-0.39, 0.29) is 0 Å². The van der Waals surface area contributed by atoms with E-state index in [1.807, 2.05) is 6.26 Å². The molecule has 1 heterocycles. The summed E-state index contributed by atoms with van der Waals surface area (Å²) in [5, 5.41) is 7.63. The maximum Gasteiger partial charge on any atom is 0.228 e. The molecule has 0 aliphatic heterocycles. The summed E-state index contributed by atoms with van der Waals surface area (Å²) in [7, 11) is 0. The van der Waals surface area contributed by atoms with Crippen LogP contribution in [0.25, 0.3) is 0 Å². The first-order valence-electron chi connectivity index (χ1n) is 10.3. The first kappa shape index (κ1) is 22.2. The zero-order valence-corrected chi connectivity index (χ0v) is 18.5. The summed E-state index contributed by atoms with van der Waals surface area (Å²) < 4.78 is 5.60. The zero-order valence-electron chi connectivity index (χ0n) is 17.7. The predicted octanol–water partition coefficient (Wildman–Crippen LogP) is 4.84. The molecule has 7 heteroatoms. The number of aromatic nitrogens is 3. The fraction of sp³-hybridized carbons (Fsp3) is 0.850. The molecule has 2 N–H and O–H groups in total. The molecule has 2 unspecified atom stereocenters. The Morgan fingerprint density at radius 1 is 1.11 bits per heavy atom. The molecule has 1 saturated carbocycles. The molecular formula is C20H37N5OS. The van der Waals surface area contributed by atoms with Gasteiger partial charge in [0.1, 0.15) is 0 Å². The van der Waals surface area contributed by atoms with Gasteiger partial charge in [-0.05, 0) is 49.7 Å². The van der Waals surface area contributed by atoms with Gasteiger partial charge in [-0.2, -0.15) is 15.0 Å². The van der Waals surface area contributed by atoms with Gasteiger partial charge in [-0.1, -0.05) is 45.9 Å². The van der Waals surface area contributed by atoms with Crippen molar-refractivity contribution in [1.29, 1.82) is 0 Å². The van der Waals surface area contributed by atoms with Crippen LogP contribution in [-0.4, -0.2) is 47.0 Å². The minimum atomic E-state index is 0.365. The molecule has 1 aliphatic carbocycles. The van der Waals surface area contributed by atoms with Gasteiger partial charge in [0.2, 0.25) is 11.9 Å². The van der Waals surface area contributed by atoms with Crippen LogP contribution in [0.15, 0.2) is 5.16 Å². The van der Waals surface area contributed by atoms with Crippen LogP contribution in [0.3, 0.4) is 0 Å². The number of hydrogen-bond donors (Lipinski definition) is 2. The highest BCUT2D eigenvalue weighted by molar-refractivity contribution is 7.98. The topological polar surface area (TPSA) is 72.0 Å². The Kier molecular flexibility index (Phi) is 9.09. The first-order valence-corrected chi connectivity index (χ1v) is 11.5. The number of unbranched alkanes of at least 4 members (excludes halogenated alkanes) is 1. The average Bonchev–Trinajstić information content (AvgIpc) is 2.59. The fourth-order valence-electron chi connectivity index (χ4n) is 3.95. The van der Waals surface area contributed by atoms with Gasteiger partial charge in [0.15, 0.2) is 5.16 Å². The summed E-state index contributed by atoms with van der Waals surface area (Å²) in [5.41, 5.74) is 0.365. The van der Waals surface area contributed by atoms with Gasteiger partial charge in [0.05, 0.1) is 0 Å². The Morgan fingerprint density at radius 2 is 1.85 bits per heavy atom. The predicted molar refractivity (Wildman–Crippen MR) is 115 cm³/mol. The molecule has 0 bridgehead atoms. The number of thioether (sulfide) groups is 1. The molecule has 154 valence electrons. The normalized spacial score (nSPS) is 21.8. The third kappa shape index (κ3) is 8.21. The number of hydrogen-bond acceptors (Lipinski definition) is 7. The maximum atomic E-state index is 5.60. The van der Waals surface area contributed by atoms with Crippen molar-refractivity contribution in [2.75, 3.05) is 36.6 Å². The Labute approximate surface area is 169 Å². The summed E-state index contributed by atoms with van der Waals surface area (Å²) in [6, 6.07) is 0.417. The van der Waals surface area contributed by atoms with E-state index in [1.165, 1.54) is 19.3 Å². The first-order chi connectivity index (χ1) is 12.9. The summed E-state index contributed by atoms with van der Waals surface area (Å²) in [5.74, 6) is 2.05. The monoisotopic (exact) mass is 395 g/mol. The van der Waals surface area contributed by atoms with Crippen molar-refractivity contribution < 1.29 is 4.74 Å². The van der Waals surface area contributed by atoms with Gasteiger partial charge in [0, 0.05) is 25.8 Å². The number of anilines is 2. The molecule has 0 radical (unpaired) electrons. The lowest BCUT2D eigenvalue weighted by atomic mass is 9.71. The van der Waals surface area contributed by atoms with E-state index in [0.29, 0.717) is 23.4 Å². The summed E-state index contributed by atoms with van der Waals surface area (Å²) >= 11 is 1.55. The molecule has 1 aliphatic rings. The van der Waals surface area contributed by atoms with Crippen molar-refractivity contribution in [3.05, 3.63) is 0 Å². The van der Waals surface area contributed by atoms with Gasteiger partial charge in [0.25, 0.3) is 0 Å². The Morgan fingerprint density at radius 3 is 2.56 bits per heavy atom. The molecule has 1 aromatic heterocycles. The smallest absolute Gasteiger partial charge is 0.228 e. The molecule has 0 spiro atoms. The number of rotatable bonds is 11. The van der Waals surface area contributed by atoms with Gasteiger partial charge in [-0.15, -0.1) is 0 Å². The highest BCUT2D eigenvalue weighted by atomic mass is 32.2. The molecule has 6 nitrogen and oxygen atoms in total. The maximum absolute atomic E-state index is 5.60. The van der Waals surface area contributed by atoms with Gasteiger partial charge in [-0.3, -0.25) is 0 Å². The van der Waals surface area contributed by atoms with Crippen LogP contribution in [0.1, 0.15) is 66.2 Å². The molecule has 27 heavy (non-hydrogen) atoms. The second-order valence-electron chi connectivity index (χ2n) is 8.47. The molecule has 2 rings (SSSR count). The summed E-state index contributed by atoms with van der Waals surface area (Å²) in [6.07, 6.45) is 8.84. The Balaban J connectivity index is 1.88. The number of ether oxygens (including phenoxy) is 1. The van der Waals surface area contributed by atoms with Crippen molar-refractivity contribution in [2.24, 2.45) is 11.3 Å². The van der Waals surface area contributed by atoms with Crippen LogP contribution in [0.4, 0.5) is 11.9 Å². The Hall–Kier alpha value is -1.08. The van der Waals surface area contributed by atoms with Crippen LogP contribution in [0, 0.1) is 11.3 Å².